The number of benzene rings is 2. The van der Waals surface area contributed by atoms with Crippen LogP contribution < -0.4 is 10.5 Å². The predicted molar refractivity (Wildman–Crippen MR) is 120 cm³/mol. The van der Waals surface area contributed by atoms with Crippen molar-refractivity contribution < 1.29 is 14.3 Å². The normalized spacial score (nSPS) is 10.9. The fourth-order valence-corrected chi connectivity index (χ4v) is 3.89. The van der Waals surface area contributed by atoms with E-state index in [1.165, 1.54) is 0 Å². The molecule has 0 fully saturated rings. The molecule has 3 aromatic rings. The van der Waals surface area contributed by atoms with Crippen LogP contribution in [0.4, 0.5) is 0 Å². The zero-order valence-corrected chi connectivity index (χ0v) is 18.0. The van der Waals surface area contributed by atoms with E-state index < -0.39 is 5.91 Å². The quantitative estimate of drug-likeness (QED) is 0.462. The SMILES string of the molecule is CCOCCCn1c(C)c(C(N)=O)c(-c2cccc(Oc3ccccc3)c2)c1CC. The number of hydrogen-bond donors (Lipinski definition) is 1. The number of hydrogen-bond acceptors (Lipinski definition) is 3. The second kappa shape index (κ2) is 10.1. The van der Waals surface area contributed by atoms with Crippen molar-refractivity contribution in [2.75, 3.05) is 13.2 Å². The van der Waals surface area contributed by atoms with Gasteiger partial charge < -0.3 is 19.8 Å². The van der Waals surface area contributed by atoms with Gasteiger partial charge in [-0.3, -0.25) is 4.79 Å². The Kier molecular flexibility index (Phi) is 7.31. The lowest BCUT2D eigenvalue weighted by atomic mass is 9.98. The Labute approximate surface area is 178 Å². The van der Waals surface area contributed by atoms with Crippen LogP contribution in [0.1, 0.15) is 42.0 Å². The van der Waals surface area contributed by atoms with Gasteiger partial charge in [0.05, 0.1) is 5.56 Å². The molecule has 0 aliphatic heterocycles. The van der Waals surface area contributed by atoms with Crippen molar-refractivity contribution in [1.82, 2.24) is 4.57 Å². The summed E-state index contributed by atoms with van der Waals surface area (Å²) in [5.41, 5.74) is 10.2. The van der Waals surface area contributed by atoms with E-state index in [1.807, 2.05) is 68.4 Å². The summed E-state index contributed by atoms with van der Waals surface area (Å²) in [6.45, 7) is 8.25. The smallest absolute Gasteiger partial charge is 0.251 e. The molecule has 0 spiro atoms. The van der Waals surface area contributed by atoms with Gasteiger partial charge in [0.25, 0.3) is 5.91 Å². The van der Waals surface area contributed by atoms with Gasteiger partial charge in [-0.15, -0.1) is 0 Å². The lowest BCUT2D eigenvalue weighted by Crippen LogP contribution is -2.13. The van der Waals surface area contributed by atoms with Crippen LogP contribution >= 0.6 is 0 Å². The van der Waals surface area contributed by atoms with Gasteiger partial charge in [-0.25, -0.2) is 0 Å². The molecule has 0 atom stereocenters. The Bertz CT molecular complexity index is 993. The van der Waals surface area contributed by atoms with Crippen molar-refractivity contribution >= 4 is 5.91 Å². The summed E-state index contributed by atoms with van der Waals surface area (Å²) in [4.78, 5) is 12.4. The van der Waals surface area contributed by atoms with Crippen molar-refractivity contribution in [2.45, 2.75) is 40.2 Å². The van der Waals surface area contributed by atoms with Crippen molar-refractivity contribution in [3.63, 3.8) is 0 Å². The van der Waals surface area contributed by atoms with Crippen LogP contribution in [0.5, 0.6) is 11.5 Å². The van der Waals surface area contributed by atoms with E-state index in [9.17, 15) is 4.79 Å². The maximum atomic E-state index is 12.4. The minimum absolute atomic E-state index is 0.407. The first-order chi connectivity index (χ1) is 14.6. The van der Waals surface area contributed by atoms with Gasteiger partial charge in [-0.1, -0.05) is 37.3 Å². The third kappa shape index (κ3) is 4.74. The maximum absolute atomic E-state index is 12.4. The van der Waals surface area contributed by atoms with Crippen LogP contribution in [0.25, 0.3) is 11.1 Å². The van der Waals surface area contributed by atoms with Crippen molar-refractivity contribution in [3.05, 3.63) is 71.5 Å². The summed E-state index contributed by atoms with van der Waals surface area (Å²) in [7, 11) is 0. The molecule has 1 heterocycles. The third-order valence-electron chi connectivity index (χ3n) is 5.19. The van der Waals surface area contributed by atoms with E-state index in [1.54, 1.807) is 0 Å². The lowest BCUT2D eigenvalue weighted by molar-refractivity contribution is 0.1000. The van der Waals surface area contributed by atoms with Crippen LogP contribution in [-0.4, -0.2) is 23.7 Å². The number of nitrogens with two attached hydrogens (primary N) is 1. The first kappa shape index (κ1) is 21.7. The predicted octanol–water partition coefficient (Wildman–Crippen LogP) is 5.34. The summed E-state index contributed by atoms with van der Waals surface area (Å²) in [5.74, 6) is 1.08. The van der Waals surface area contributed by atoms with Crippen molar-refractivity contribution in [2.24, 2.45) is 5.73 Å². The molecule has 2 aromatic carbocycles. The molecular weight excluding hydrogens is 376 g/mol. The molecule has 0 aliphatic carbocycles. The van der Waals surface area contributed by atoms with E-state index in [-0.39, 0.29) is 0 Å². The summed E-state index contributed by atoms with van der Waals surface area (Å²) in [5, 5.41) is 0. The molecule has 0 bridgehead atoms. The number of rotatable bonds is 10. The Balaban J connectivity index is 2.02. The Morgan fingerprint density at radius 2 is 1.77 bits per heavy atom. The number of nitrogens with zero attached hydrogens (tertiary/aromatic N) is 1. The van der Waals surface area contributed by atoms with E-state index in [0.717, 1.165) is 53.4 Å². The molecule has 5 heteroatoms. The highest BCUT2D eigenvalue weighted by molar-refractivity contribution is 6.02. The van der Waals surface area contributed by atoms with Gasteiger partial charge >= 0.3 is 0 Å². The highest BCUT2D eigenvalue weighted by Crippen LogP contribution is 2.35. The van der Waals surface area contributed by atoms with Crippen molar-refractivity contribution in [3.8, 4) is 22.6 Å². The molecule has 3 rings (SSSR count). The zero-order valence-electron chi connectivity index (χ0n) is 18.0. The van der Waals surface area contributed by atoms with Crippen molar-refractivity contribution in [1.29, 1.82) is 0 Å². The zero-order chi connectivity index (χ0) is 21.5. The van der Waals surface area contributed by atoms with E-state index >= 15 is 0 Å². The highest BCUT2D eigenvalue weighted by Gasteiger charge is 2.24. The number of aromatic nitrogens is 1. The second-order valence-electron chi connectivity index (χ2n) is 7.14. The number of ether oxygens (including phenoxy) is 2. The third-order valence-corrected chi connectivity index (χ3v) is 5.19. The first-order valence-corrected chi connectivity index (χ1v) is 10.5. The average molecular weight is 407 g/mol. The highest BCUT2D eigenvalue weighted by atomic mass is 16.5. The summed E-state index contributed by atoms with van der Waals surface area (Å²) in [6, 6.07) is 17.5. The largest absolute Gasteiger partial charge is 0.457 e. The molecule has 2 N–H and O–H groups in total. The fraction of sp³-hybridized carbons (Fsp3) is 0.320. The maximum Gasteiger partial charge on any atom is 0.251 e. The molecular formula is C25H30N2O3. The van der Waals surface area contributed by atoms with Crippen LogP contribution in [0.15, 0.2) is 54.6 Å². The number of para-hydroxylation sites is 1. The number of carbonyl (C=O) groups excluding carboxylic acids is 1. The number of carbonyl (C=O) groups is 1. The molecule has 0 saturated carbocycles. The van der Waals surface area contributed by atoms with Gasteiger partial charge in [-0.05, 0) is 56.5 Å². The molecule has 0 aliphatic rings. The van der Waals surface area contributed by atoms with E-state index in [4.69, 9.17) is 15.2 Å². The summed E-state index contributed by atoms with van der Waals surface area (Å²) >= 11 is 0. The molecule has 30 heavy (non-hydrogen) atoms. The van der Waals surface area contributed by atoms with Gasteiger partial charge in [0.1, 0.15) is 11.5 Å². The molecule has 0 saturated heterocycles. The molecule has 1 amide bonds. The second-order valence-corrected chi connectivity index (χ2v) is 7.14. The summed E-state index contributed by atoms with van der Waals surface area (Å²) < 4.78 is 13.7. The Morgan fingerprint density at radius 1 is 1.03 bits per heavy atom. The lowest BCUT2D eigenvalue weighted by Gasteiger charge is -2.12. The van der Waals surface area contributed by atoms with Crippen LogP contribution in [-0.2, 0) is 17.7 Å². The van der Waals surface area contributed by atoms with E-state index in [0.29, 0.717) is 18.8 Å². The molecule has 1 aromatic heterocycles. The standard InChI is InChI=1S/C25H30N2O3/c1-4-22-24(23(25(26)28)18(3)27(22)15-10-16-29-5-2)19-11-9-14-21(17-19)30-20-12-7-6-8-13-20/h6-9,11-14,17H,4-5,10,15-16H2,1-3H3,(H2,26,28). The Morgan fingerprint density at radius 3 is 2.43 bits per heavy atom. The molecule has 5 nitrogen and oxygen atoms in total. The van der Waals surface area contributed by atoms with Gasteiger partial charge in [-0.2, -0.15) is 0 Å². The summed E-state index contributed by atoms with van der Waals surface area (Å²) in [6.07, 6.45) is 1.67. The number of primary amides is 1. The first-order valence-electron chi connectivity index (χ1n) is 10.5. The Hall–Kier alpha value is -3.05. The monoisotopic (exact) mass is 406 g/mol. The minimum atomic E-state index is -0.407. The molecule has 0 radical (unpaired) electrons. The van der Waals surface area contributed by atoms with Crippen LogP contribution in [0.2, 0.25) is 0 Å². The van der Waals surface area contributed by atoms with Gasteiger partial charge in [0.2, 0.25) is 0 Å². The topological polar surface area (TPSA) is 66.5 Å². The van der Waals surface area contributed by atoms with Crippen LogP contribution in [0.3, 0.4) is 0 Å². The minimum Gasteiger partial charge on any atom is -0.457 e. The van der Waals surface area contributed by atoms with E-state index in [2.05, 4.69) is 11.5 Å². The average Bonchev–Trinajstić information content (AvgIpc) is 3.04. The fourth-order valence-electron chi connectivity index (χ4n) is 3.89. The van der Waals surface area contributed by atoms with Gasteiger partial charge in [0.15, 0.2) is 0 Å². The molecule has 0 unspecified atom stereocenters. The molecule has 158 valence electrons. The van der Waals surface area contributed by atoms with Crippen LogP contribution in [0, 0.1) is 6.92 Å². The van der Waals surface area contributed by atoms with Gasteiger partial charge in [0, 0.05) is 36.7 Å². The number of amides is 1.